The molecule has 1 saturated carbocycles. The van der Waals surface area contributed by atoms with E-state index in [1.807, 2.05) is 31.0 Å². The first-order valence-corrected chi connectivity index (χ1v) is 10.5. The third-order valence-electron chi connectivity index (χ3n) is 7.08. The number of hydrogen-bond donors (Lipinski definition) is 2. The second-order valence-corrected chi connectivity index (χ2v) is 9.21. The van der Waals surface area contributed by atoms with Gasteiger partial charge in [-0.1, -0.05) is 12.1 Å². The summed E-state index contributed by atoms with van der Waals surface area (Å²) in [6.45, 7) is 4.90. The molecule has 2 N–H and O–H groups in total. The molecule has 162 valence electrons. The monoisotopic (exact) mass is 423 g/mol. The van der Waals surface area contributed by atoms with Crippen molar-refractivity contribution < 1.29 is 9.50 Å². The molecule has 3 aliphatic rings. The van der Waals surface area contributed by atoms with Gasteiger partial charge in [-0.05, 0) is 44.0 Å². The second-order valence-electron chi connectivity index (χ2n) is 9.21. The molecule has 2 aromatic heterocycles. The van der Waals surface area contributed by atoms with Gasteiger partial charge in [0.15, 0.2) is 5.82 Å². The van der Waals surface area contributed by atoms with Gasteiger partial charge in [0.25, 0.3) is 0 Å². The number of anilines is 1. The summed E-state index contributed by atoms with van der Waals surface area (Å²) in [4.78, 5) is 1.92. The Labute approximate surface area is 180 Å². The number of piperidine rings is 2. The van der Waals surface area contributed by atoms with Gasteiger partial charge in [-0.15, -0.1) is 15.3 Å². The average molecular weight is 423 g/mol. The Morgan fingerprint density at radius 2 is 2.03 bits per heavy atom. The number of alkyl halides is 1. The number of aromatic nitrogens is 5. The first-order chi connectivity index (χ1) is 14.8. The van der Waals surface area contributed by atoms with E-state index in [9.17, 15) is 5.11 Å². The van der Waals surface area contributed by atoms with Crippen molar-refractivity contribution in [1.29, 1.82) is 0 Å². The first-order valence-electron chi connectivity index (χ1n) is 10.5. The van der Waals surface area contributed by atoms with Crippen LogP contribution in [-0.2, 0) is 0 Å². The maximum absolute atomic E-state index is 15.5. The van der Waals surface area contributed by atoms with E-state index in [0.717, 1.165) is 19.4 Å². The summed E-state index contributed by atoms with van der Waals surface area (Å²) in [5, 5.41) is 30.3. The lowest BCUT2D eigenvalue weighted by molar-refractivity contribution is -0.0411. The number of halogens is 1. The van der Waals surface area contributed by atoms with Crippen LogP contribution < -0.4 is 10.2 Å². The first kappa shape index (κ1) is 19.9. The van der Waals surface area contributed by atoms with E-state index < -0.39 is 11.7 Å². The minimum absolute atomic E-state index is 0.0725. The molecule has 0 radical (unpaired) electrons. The molecule has 2 saturated heterocycles. The summed E-state index contributed by atoms with van der Waals surface area (Å²) < 4.78 is 17.0. The summed E-state index contributed by atoms with van der Waals surface area (Å²) in [5.74, 6) is 0.691. The number of phenolic OH excluding ortho intramolecular Hbond substituents is 1. The Hall–Kier alpha value is -3.07. The van der Waals surface area contributed by atoms with Gasteiger partial charge in [0.1, 0.15) is 11.9 Å². The number of nitrogens with one attached hydrogen (secondary N) is 1. The van der Waals surface area contributed by atoms with Crippen molar-refractivity contribution >= 4 is 5.82 Å². The van der Waals surface area contributed by atoms with Gasteiger partial charge >= 0.3 is 0 Å². The Morgan fingerprint density at radius 3 is 2.65 bits per heavy atom. The van der Waals surface area contributed by atoms with Crippen molar-refractivity contribution in [2.24, 2.45) is 5.41 Å². The third-order valence-corrected chi connectivity index (χ3v) is 7.08. The van der Waals surface area contributed by atoms with E-state index in [4.69, 9.17) is 0 Å². The normalized spacial score (nSPS) is 29.8. The van der Waals surface area contributed by atoms with E-state index in [0.29, 0.717) is 22.8 Å². The van der Waals surface area contributed by atoms with Crippen LogP contribution in [0.1, 0.15) is 26.7 Å². The third kappa shape index (κ3) is 3.15. The second kappa shape index (κ2) is 6.98. The SMILES string of the molecule is CN(c1ccc(-c2ccc(-n3ccnn3)cc2O)nn1)[C@H]1[C@H](F)[C@@]2(C)CC[C@]1(C)CN2. The predicted molar refractivity (Wildman–Crippen MR) is 115 cm³/mol. The molecule has 3 aromatic rings. The fourth-order valence-corrected chi connectivity index (χ4v) is 5.00. The van der Waals surface area contributed by atoms with Crippen LogP contribution in [0.2, 0.25) is 0 Å². The van der Waals surface area contributed by atoms with Gasteiger partial charge in [-0.25, -0.2) is 9.07 Å². The van der Waals surface area contributed by atoms with Crippen LogP contribution in [0.4, 0.5) is 10.2 Å². The quantitative estimate of drug-likeness (QED) is 0.667. The number of aromatic hydroxyl groups is 1. The fourth-order valence-electron chi connectivity index (χ4n) is 5.00. The standard InChI is InChI=1S/C22H26FN7O/c1-21-8-9-22(2,24-13-21)19(23)20(21)29(3)18-7-6-16(26-27-18)15-5-4-14(12-17(15)31)30-11-10-25-28-30/h4-7,10-12,19-20,24,31H,8-9,13H2,1-3H3/t19-,20-,21+,22+/m0/s1. The van der Waals surface area contributed by atoms with Crippen LogP contribution in [0.25, 0.3) is 16.9 Å². The van der Waals surface area contributed by atoms with E-state index in [-0.39, 0.29) is 17.2 Å². The summed E-state index contributed by atoms with van der Waals surface area (Å²) >= 11 is 0. The van der Waals surface area contributed by atoms with Crippen LogP contribution >= 0.6 is 0 Å². The molecular formula is C22H26FN7O. The maximum Gasteiger partial charge on any atom is 0.151 e. The lowest BCUT2D eigenvalue weighted by atomic mass is 9.60. The zero-order chi connectivity index (χ0) is 21.8. The van der Waals surface area contributed by atoms with Crippen LogP contribution in [-0.4, -0.2) is 61.6 Å². The zero-order valence-electron chi connectivity index (χ0n) is 17.8. The summed E-state index contributed by atoms with van der Waals surface area (Å²) in [5.41, 5.74) is 1.14. The van der Waals surface area contributed by atoms with Crippen molar-refractivity contribution in [3.63, 3.8) is 0 Å². The Morgan fingerprint density at radius 1 is 1.19 bits per heavy atom. The van der Waals surface area contributed by atoms with Crippen LogP contribution in [0.5, 0.6) is 5.75 Å². The Kier molecular flexibility index (Phi) is 4.47. The molecule has 9 heteroatoms. The van der Waals surface area contributed by atoms with Gasteiger partial charge in [-0.2, -0.15) is 0 Å². The molecule has 1 aromatic carbocycles. The maximum atomic E-state index is 15.5. The summed E-state index contributed by atoms with van der Waals surface area (Å²) in [6, 6.07) is 8.56. The highest BCUT2D eigenvalue weighted by Crippen LogP contribution is 2.49. The van der Waals surface area contributed by atoms with E-state index in [1.165, 1.54) is 0 Å². The molecule has 4 heterocycles. The molecule has 1 aliphatic carbocycles. The van der Waals surface area contributed by atoms with E-state index in [2.05, 4.69) is 32.7 Å². The molecule has 0 amide bonds. The molecule has 31 heavy (non-hydrogen) atoms. The van der Waals surface area contributed by atoms with Crippen molar-refractivity contribution in [2.75, 3.05) is 18.5 Å². The molecule has 2 aliphatic heterocycles. The number of phenols is 1. The smallest absolute Gasteiger partial charge is 0.151 e. The number of rotatable bonds is 4. The predicted octanol–water partition coefficient (Wildman–Crippen LogP) is 2.73. The highest BCUT2D eigenvalue weighted by atomic mass is 19.1. The average Bonchev–Trinajstić information content (AvgIpc) is 3.30. The van der Waals surface area contributed by atoms with Gasteiger partial charge in [-0.3, -0.25) is 0 Å². The van der Waals surface area contributed by atoms with Crippen molar-refractivity contribution in [3.8, 4) is 22.7 Å². The molecule has 3 fully saturated rings. The molecule has 0 unspecified atom stereocenters. The van der Waals surface area contributed by atoms with E-state index >= 15 is 4.39 Å². The summed E-state index contributed by atoms with van der Waals surface area (Å²) in [6.07, 6.45) is 4.08. The molecule has 6 rings (SSSR count). The number of hydrogen-bond acceptors (Lipinski definition) is 7. The topological polar surface area (TPSA) is 92.0 Å². The van der Waals surface area contributed by atoms with Crippen LogP contribution in [0.3, 0.4) is 0 Å². The fraction of sp³-hybridized carbons (Fsp3) is 0.455. The number of fused-ring (bicyclic) bond motifs is 3. The Bertz CT molecular complexity index is 1080. The number of nitrogens with zero attached hydrogens (tertiary/aromatic N) is 6. The minimum atomic E-state index is -1.00. The van der Waals surface area contributed by atoms with Crippen molar-refractivity contribution in [2.45, 2.75) is 44.4 Å². The molecule has 4 atom stereocenters. The lowest BCUT2D eigenvalue weighted by Crippen LogP contribution is -2.74. The van der Waals surface area contributed by atoms with Crippen molar-refractivity contribution in [3.05, 3.63) is 42.7 Å². The van der Waals surface area contributed by atoms with Crippen molar-refractivity contribution in [1.82, 2.24) is 30.5 Å². The zero-order valence-corrected chi connectivity index (χ0v) is 17.8. The Balaban J connectivity index is 1.40. The summed E-state index contributed by atoms with van der Waals surface area (Å²) in [7, 11) is 1.89. The molecular weight excluding hydrogens is 397 g/mol. The highest BCUT2D eigenvalue weighted by molar-refractivity contribution is 5.69. The van der Waals surface area contributed by atoms with Crippen LogP contribution in [0.15, 0.2) is 42.7 Å². The van der Waals surface area contributed by atoms with Gasteiger partial charge in [0.2, 0.25) is 0 Å². The lowest BCUT2D eigenvalue weighted by Gasteiger charge is -2.60. The van der Waals surface area contributed by atoms with Gasteiger partial charge in [0, 0.05) is 36.2 Å². The minimum Gasteiger partial charge on any atom is -0.507 e. The molecule has 2 bridgehead atoms. The van der Waals surface area contributed by atoms with Gasteiger partial charge < -0.3 is 15.3 Å². The van der Waals surface area contributed by atoms with Gasteiger partial charge in [0.05, 0.1) is 29.8 Å². The molecule has 0 spiro atoms. The van der Waals surface area contributed by atoms with Crippen LogP contribution in [0, 0.1) is 5.41 Å². The molecule has 8 nitrogen and oxygen atoms in total. The largest absolute Gasteiger partial charge is 0.507 e. The van der Waals surface area contributed by atoms with E-state index in [1.54, 1.807) is 35.3 Å². The number of benzene rings is 1. The highest BCUT2D eigenvalue weighted by Gasteiger charge is 2.58.